The fourth-order valence-electron chi connectivity index (χ4n) is 3.32. The van der Waals surface area contributed by atoms with E-state index in [1.54, 1.807) is 0 Å². The number of hydrogen-bond donors (Lipinski definition) is 1. The highest BCUT2D eigenvalue weighted by molar-refractivity contribution is 5.79. The molecule has 1 atom stereocenters. The molecule has 0 aromatic carbocycles. The van der Waals surface area contributed by atoms with E-state index in [0.29, 0.717) is 6.42 Å². The van der Waals surface area contributed by atoms with Crippen LogP contribution in [0.4, 0.5) is 5.69 Å². The number of piperidine rings is 1. The van der Waals surface area contributed by atoms with Crippen molar-refractivity contribution in [1.82, 2.24) is 10.3 Å². The molecule has 19 heavy (non-hydrogen) atoms. The smallest absolute Gasteiger partial charge is 0.220 e. The van der Waals surface area contributed by atoms with E-state index in [2.05, 4.69) is 34.3 Å². The maximum atomic E-state index is 11.5. The van der Waals surface area contributed by atoms with Crippen molar-refractivity contribution in [1.29, 1.82) is 0 Å². The summed E-state index contributed by atoms with van der Waals surface area (Å²) < 4.78 is 0. The number of aryl methyl sites for hydroxylation is 1. The van der Waals surface area contributed by atoms with E-state index in [4.69, 9.17) is 0 Å². The van der Waals surface area contributed by atoms with Gasteiger partial charge >= 0.3 is 0 Å². The minimum absolute atomic E-state index is 0.158. The molecule has 2 saturated heterocycles. The van der Waals surface area contributed by atoms with Gasteiger partial charge in [-0.1, -0.05) is 6.92 Å². The van der Waals surface area contributed by atoms with Gasteiger partial charge < -0.3 is 10.2 Å². The summed E-state index contributed by atoms with van der Waals surface area (Å²) in [5, 5.41) is 3.00. The van der Waals surface area contributed by atoms with Crippen molar-refractivity contribution >= 4 is 11.6 Å². The lowest BCUT2D eigenvalue weighted by Crippen LogP contribution is -2.44. The minimum atomic E-state index is 0.158. The zero-order chi connectivity index (χ0) is 13.3. The van der Waals surface area contributed by atoms with Gasteiger partial charge in [0.05, 0.1) is 0 Å². The van der Waals surface area contributed by atoms with E-state index in [1.165, 1.54) is 12.1 Å². The van der Waals surface area contributed by atoms with Gasteiger partial charge in [-0.15, -0.1) is 0 Å². The van der Waals surface area contributed by atoms with Crippen molar-refractivity contribution in [3.05, 3.63) is 24.0 Å². The molecule has 0 saturated carbocycles. The molecule has 102 valence electrons. The van der Waals surface area contributed by atoms with E-state index in [9.17, 15) is 4.79 Å². The molecule has 2 aliphatic heterocycles. The van der Waals surface area contributed by atoms with Gasteiger partial charge in [0.1, 0.15) is 0 Å². The minimum Gasteiger partial charge on any atom is -0.371 e. The van der Waals surface area contributed by atoms with Gasteiger partial charge in [0.2, 0.25) is 5.91 Å². The molecule has 0 radical (unpaired) electrons. The van der Waals surface area contributed by atoms with Crippen LogP contribution in [0, 0.1) is 5.41 Å². The number of hydrogen-bond acceptors (Lipinski definition) is 3. The highest BCUT2D eigenvalue weighted by Crippen LogP contribution is 2.37. The first-order valence-electron chi connectivity index (χ1n) is 7.17. The summed E-state index contributed by atoms with van der Waals surface area (Å²) in [7, 11) is 0. The first-order chi connectivity index (χ1) is 9.21. The Morgan fingerprint density at radius 1 is 1.53 bits per heavy atom. The zero-order valence-corrected chi connectivity index (χ0v) is 11.5. The summed E-state index contributed by atoms with van der Waals surface area (Å²) in [5.74, 6) is 0.214. The van der Waals surface area contributed by atoms with Crippen molar-refractivity contribution in [3.63, 3.8) is 0 Å². The second-order valence-corrected chi connectivity index (χ2v) is 5.84. The van der Waals surface area contributed by atoms with Crippen LogP contribution in [0.2, 0.25) is 0 Å². The van der Waals surface area contributed by atoms with Crippen molar-refractivity contribution in [2.45, 2.75) is 32.6 Å². The summed E-state index contributed by atoms with van der Waals surface area (Å²) in [5.41, 5.74) is 2.55. The Kier molecular flexibility index (Phi) is 3.17. The van der Waals surface area contributed by atoms with Crippen LogP contribution in [-0.4, -0.2) is 30.5 Å². The van der Waals surface area contributed by atoms with Crippen molar-refractivity contribution < 1.29 is 4.79 Å². The van der Waals surface area contributed by atoms with Gasteiger partial charge in [-0.25, -0.2) is 0 Å². The SMILES string of the molecule is CCc1cc(N2CCCC3(CNC(=O)C3)C2)ccn1. The predicted molar refractivity (Wildman–Crippen MR) is 75.1 cm³/mol. The lowest BCUT2D eigenvalue weighted by molar-refractivity contribution is -0.119. The summed E-state index contributed by atoms with van der Waals surface area (Å²) in [6.07, 6.45) is 5.88. The average molecular weight is 259 g/mol. The molecular weight excluding hydrogens is 238 g/mol. The Hall–Kier alpha value is -1.58. The molecule has 0 bridgehead atoms. The number of aromatic nitrogens is 1. The number of carbonyl (C=O) groups excluding carboxylic acids is 1. The van der Waals surface area contributed by atoms with Crippen molar-refractivity contribution in [3.8, 4) is 0 Å². The second kappa shape index (κ2) is 4.83. The van der Waals surface area contributed by atoms with E-state index in [-0.39, 0.29) is 11.3 Å². The van der Waals surface area contributed by atoms with E-state index < -0.39 is 0 Å². The maximum absolute atomic E-state index is 11.5. The largest absolute Gasteiger partial charge is 0.371 e. The third-order valence-electron chi connectivity index (χ3n) is 4.39. The molecule has 0 aliphatic carbocycles. The van der Waals surface area contributed by atoms with Crippen LogP contribution in [-0.2, 0) is 11.2 Å². The van der Waals surface area contributed by atoms with Crippen LogP contribution in [0.15, 0.2) is 18.3 Å². The average Bonchev–Trinajstić information content (AvgIpc) is 2.79. The van der Waals surface area contributed by atoms with Gasteiger partial charge in [0.25, 0.3) is 0 Å². The maximum Gasteiger partial charge on any atom is 0.220 e. The molecule has 4 heteroatoms. The lowest BCUT2D eigenvalue weighted by atomic mass is 9.79. The van der Waals surface area contributed by atoms with Crippen LogP contribution < -0.4 is 10.2 Å². The monoisotopic (exact) mass is 259 g/mol. The highest BCUT2D eigenvalue weighted by atomic mass is 16.1. The predicted octanol–water partition coefficient (Wildman–Crippen LogP) is 1.75. The van der Waals surface area contributed by atoms with Crippen molar-refractivity contribution in [2.24, 2.45) is 5.41 Å². The van der Waals surface area contributed by atoms with Crippen LogP contribution >= 0.6 is 0 Å². The zero-order valence-electron chi connectivity index (χ0n) is 11.5. The quantitative estimate of drug-likeness (QED) is 0.880. The number of nitrogens with one attached hydrogen (secondary N) is 1. The van der Waals surface area contributed by atoms with Gasteiger partial charge in [-0.05, 0) is 31.4 Å². The Morgan fingerprint density at radius 2 is 2.42 bits per heavy atom. The highest BCUT2D eigenvalue weighted by Gasteiger charge is 2.41. The van der Waals surface area contributed by atoms with Gasteiger partial charge in [-0.3, -0.25) is 9.78 Å². The molecule has 3 heterocycles. The number of nitrogens with zero attached hydrogens (tertiary/aromatic N) is 2. The van der Waals surface area contributed by atoms with Crippen LogP contribution in [0.25, 0.3) is 0 Å². The summed E-state index contributed by atoms with van der Waals surface area (Å²) in [4.78, 5) is 18.3. The molecule has 2 aliphatic rings. The molecule has 3 rings (SSSR count). The van der Waals surface area contributed by atoms with E-state index in [1.807, 2.05) is 6.20 Å². The molecule has 2 fully saturated rings. The van der Waals surface area contributed by atoms with Crippen LogP contribution in [0.3, 0.4) is 0 Å². The van der Waals surface area contributed by atoms with Crippen LogP contribution in [0.1, 0.15) is 31.9 Å². The van der Waals surface area contributed by atoms with E-state index in [0.717, 1.165) is 38.2 Å². The Bertz CT molecular complexity index is 488. The standard InChI is InChI=1S/C15H21N3O/c1-2-12-8-13(4-6-16-12)18-7-3-5-15(11-18)9-14(19)17-10-15/h4,6,8H,2-3,5,7,9-11H2,1H3,(H,17,19). The lowest BCUT2D eigenvalue weighted by Gasteiger charge is -2.40. The molecule has 4 nitrogen and oxygen atoms in total. The fraction of sp³-hybridized carbons (Fsp3) is 0.600. The fourth-order valence-corrected chi connectivity index (χ4v) is 3.32. The molecule has 1 aromatic rings. The second-order valence-electron chi connectivity index (χ2n) is 5.84. The molecule has 1 aromatic heterocycles. The van der Waals surface area contributed by atoms with Gasteiger partial charge in [0.15, 0.2) is 0 Å². The molecule has 1 spiro atoms. The topological polar surface area (TPSA) is 45.2 Å². The first-order valence-corrected chi connectivity index (χ1v) is 7.17. The van der Waals surface area contributed by atoms with Crippen LogP contribution in [0.5, 0.6) is 0 Å². The van der Waals surface area contributed by atoms with E-state index >= 15 is 0 Å². The number of carbonyl (C=O) groups is 1. The Balaban J connectivity index is 1.79. The normalized spacial score (nSPS) is 26.8. The third kappa shape index (κ3) is 2.44. The number of rotatable bonds is 2. The summed E-state index contributed by atoms with van der Waals surface area (Å²) >= 11 is 0. The summed E-state index contributed by atoms with van der Waals surface area (Å²) in [6, 6.07) is 4.27. The number of pyridine rings is 1. The van der Waals surface area contributed by atoms with Crippen molar-refractivity contribution in [2.75, 3.05) is 24.5 Å². The Labute approximate surface area is 114 Å². The molecule has 1 N–H and O–H groups in total. The Morgan fingerprint density at radius 3 is 3.16 bits per heavy atom. The van der Waals surface area contributed by atoms with Gasteiger partial charge in [0, 0.05) is 49.0 Å². The third-order valence-corrected chi connectivity index (χ3v) is 4.39. The molecule has 1 unspecified atom stereocenters. The number of amides is 1. The van der Waals surface area contributed by atoms with Gasteiger partial charge in [-0.2, -0.15) is 0 Å². The summed E-state index contributed by atoms with van der Waals surface area (Å²) in [6.45, 7) is 5.04. The number of anilines is 1. The molecular formula is C15H21N3O. The molecule has 1 amide bonds. The first kappa shape index (κ1) is 12.5.